The van der Waals surface area contributed by atoms with E-state index in [1.165, 1.54) is 212 Å². The SMILES string of the molecule is CCCCCCCCCCCCCCCCCCCCCCC/C=C/C(O)C(CO)NC(=O)CCCCCCC/C=C\CCCCCOC(=O)CCCCCCCCCCCCCCC. The van der Waals surface area contributed by atoms with Crippen LogP contribution in [0.1, 0.15) is 316 Å². The van der Waals surface area contributed by atoms with Crippen LogP contribution in [0.25, 0.3) is 0 Å². The summed E-state index contributed by atoms with van der Waals surface area (Å²) < 4.78 is 5.45. The summed E-state index contributed by atoms with van der Waals surface area (Å²) in [6.07, 6.45) is 66.3. The first-order valence-electron chi connectivity index (χ1n) is 29.1. The second kappa shape index (κ2) is 54.9. The molecule has 0 heterocycles. The van der Waals surface area contributed by atoms with Crippen molar-refractivity contribution in [3.8, 4) is 0 Å². The first kappa shape index (κ1) is 63.3. The van der Waals surface area contributed by atoms with Gasteiger partial charge in [0.1, 0.15) is 0 Å². The van der Waals surface area contributed by atoms with Crippen molar-refractivity contribution in [1.29, 1.82) is 0 Å². The standard InChI is InChI=1S/C59H113NO5/c1-3-5-7-9-11-13-15-17-18-19-20-21-22-23-24-25-26-28-31-35-39-43-47-51-57(62)56(55-61)60-58(63)52-48-44-40-36-32-29-30-34-38-42-46-50-54-65-59(64)53-49-45-41-37-33-27-16-14-12-10-8-6-4-2/h30,34,47,51,56-57,61-62H,3-29,31-33,35-46,48-50,52-55H2,1-2H3,(H,60,63)/b34-30-,51-47+. The molecule has 0 aromatic rings. The van der Waals surface area contributed by atoms with Crippen LogP contribution in [0, 0.1) is 0 Å². The summed E-state index contributed by atoms with van der Waals surface area (Å²) in [5, 5.41) is 23.2. The fraction of sp³-hybridized carbons (Fsp3) is 0.898. The molecular formula is C59H113NO5. The summed E-state index contributed by atoms with van der Waals surface area (Å²) in [5.41, 5.74) is 0. The molecule has 0 bridgehead atoms. The van der Waals surface area contributed by atoms with Crippen LogP contribution >= 0.6 is 0 Å². The Morgan fingerprint density at radius 2 is 0.723 bits per heavy atom. The average molecular weight is 917 g/mol. The van der Waals surface area contributed by atoms with Crippen LogP contribution in [-0.2, 0) is 14.3 Å². The predicted octanol–water partition coefficient (Wildman–Crippen LogP) is 17.9. The molecule has 0 spiro atoms. The molecule has 0 fully saturated rings. The highest BCUT2D eigenvalue weighted by molar-refractivity contribution is 5.76. The minimum atomic E-state index is -0.861. The molecule has 2 unspecified atom stereocenters. The molecule has 6 nitrogen and oxygen atoms in total. The summed E-state index contributed by atoms with van der Waals surface area (Å²) in [6.45, 7) is 4.86. The summed E-state index contributed by atoms with van der Waals surface area (Å²) in [7, 11) is 0. The lowest BCUT2D eigenvalue weighted by Gasteiger charge is -2.20. The van der Waals surface area contributed by atoms with Crippen molar-refractivity contribution in [2.24, 2.45) is 0 Å². The number of allylic oxidation sites excluding steroid dienone is 3. The second-order valence-electron chi connectivity index (χ2n) is 20.0. The quantitative estimate of drug-likeness (QED) is 0.0321. The molecule has 2 atom stereocenters. The number of unbranched alkanes of at least 4 members (excludes halogenated alkanes) is 41. The van der Waals surface area contributed by atoms with Gasteiger partial charge in [0.05, 0.1) is 25.4 Å². The topological polar surface area (TPSA) is 95.9 Å². The largest absolute Gasteiger partial charge is 0.466 e. The van der Waals surface area contributed by atoms with Crippen molar-refractivity contribution in [3.63, 3.8) is 0 Å². The molecular weight excluding hydrogens is 803 g/mol. The van der Waals surface area contributed by atoms with E-state index < -0.39 is 12.1 Å². The maximum Gasteiger partial charge on any atom is 0.305 e. The van der Waals surface area contributed by atoms with Gasteiger partial charge in [0, 0.05) is 12.8 Å². The van der Waals surface area contributed by atoms with E-state index in [0.29, 0.717) is 19.4 Å². The number of nitrogens with one attached hydrogen (secondary N) is 1. The average Bonchev–Trinajstić information content (AvgIpc) is 3.31. The van der Waals surface area contributed by atoms with Gasteiger partial charge >= 0.3 is 5.97 Å². The fourth-order valence-corrected chi connectivity index (χ4v) is 8.98. The molecule has 0 aromatic heterocycles. The monoisotopic (exact) mass is 916 g/mol. The number of hydrogen-bond acceptors (Lipinski definition) is 5. The minimum absolute atomic E-state index is 0.0223. The number of aliphatic hydroxyl groups excluding tert-OH is 2. The zero-order chi connectivity index (χ0) is 47.2. The van der Waals surface area contributed by atoms with Gasteiger partial charge in [0.25, 0.3) is 0 Å². The lowest BCUT2D eigenvalue weighted by Crippen LogP contribution is -2.45. The number of rotatable bonds is 54. The Bertz CT molecular complexity index is 1010. The van der Waals surface area contributed by atoms with Gasteiger partial charge in [-0.05, 0) is 64.2 Å². The summed E-state index contributed by atoms with van der Waals surface area (Å²) in [4.78, 5) is 24.5. The normalized spacial score (nSPS) is 12.7. The van der Waals surface area contributed by atoms with Gasteiger partial charge in [-0.1, -0.05) is 263 Å². The van der Waals surface area contributed by atoms with E-state index >= 15 is 0 Å². The Morgan fingerprint density at radius 3 is 1.09 bits per heavy atom. The third kappa shape index (κ3) is 51.6. The summed E-state index contributed by atoms with van der Waals surface area (Å²) >= 11 is 0. The van der Waals surface area contributed by atoms with Gasteiger partial charge in [0.15, 0.2) is 0 Å². The van der Waals surface area contributed by atoms with Crippen LogP contribution in [-0.4, -0.2) is 47.4 Å². The van der Waals surface area contributed by atoms with Crippen LogP contribution < -0.4 is 5.32 Å². The molecule has 0 aliphatic carbocycles. The number of aliphatic hydroxyl groups is 2. The van der Waals surface area contributed by atoms with Crippen LogP contribution in [0.2, 0.25) is 0 Å². The number of carbonyl (C=O) groups excluding carboxylic acids is 2. The lowest BCUT2D eigenvalue weighted by atomic mass is 10.0. The second-order valence-corrected chi connectivity index (χ2v) is 20.0. The lowest BCUT2D eigenvalue weighted by molar-refractivity contribution is -0.143. The van der Waals surface area contributed by atoms with Crippen LogP contribution in [0.15, 0.2) is 24.3 Å². The van der Waals surface area contributed by atoms with E-state index in [9.17, 15) is 19.8 Å². The third-order valence-corrected chi connectivity index (χ3v) is 13.5. The van der Waals surface area contributed by atoms with E-state index in [0.717, 1.165) is 77.0 Å². The highest BCUT2D eigenvalue weighted by Crippen LogP contribution is 2.17. The number of esters is 1. The van der Waals surface area contributed by atoms with Crippen molar-refractivity contribution in [2.75, 3.05) is 13.2 Å². The van der Waals surface area contributed by atoms with Crippen LogP contribution in [0.4, 0.5) is 0 Å². The zero-order valence-corrected chi connectivity index (χ0v) is 43.7. The summed E-state index contributed by atoms with van der Waals surface area (Å²) in [5.74, 6) is -0.113. The van der Waals surface area contributed by atoms with E-state index in [-0.39, 0.29) is 18.5 Å². The highest BCUT2D eigenvalue weighted by Gasteiger charge is 2.18. The molecule has 0 aliphatic heterocycles. The van der Waals surface area contributed by atoms with E-state index in [4.69, 9.17) is 4.74 Å². The molecule has 0 aromatic carbocycles. The Morgan fingerprint density at radius 1 is 0.415 bits per heavy atom. The third-order valence-electron chi connectivity index (χ3n) is 13.5. The van der Waals surface area contributed by atoms with E-state index in [1.807, 2.05) is 6.08 Å². The van der Waals surface area contributed by atoms with Crippen molar-refractivity contribution < 1.29 is 24.5 Å². The predicted molar refractivity (Wildman–Crippen MR) is 283 cm³/mol. The van der Waals surface area contributed by atoms with Crippen molar-refractivity contribution in [3.05, 3.63) is 24.3 Å². The Balaban J connectivity index is 3.52. The van der Waals surface area contributed by atoms with E-state index in [1.54, 1.807) is 6.08 Å². The van der Waals surface area contributed by atoms with Gasteiger partial charge in [-0.2, -0.15) is 0 Å². The van der Waals surface area contributed by atoms with Crippen molar-refractivity contribution >= 4 is 11.9 Å². The van der Waals surface area contributed by atoms with Crippen molar-refractivity contribution in [1.82, 2.24) is 5.32 Å². The zero-order valence-electron chi connectivity index (χ0n) is 43.7. The fourth-order valence-electron chi connectivity index (χ4n) is 8.98. The highest BCUT2D eigenvalue weighted by atomic mass is 16.5. The van der Waals surface area contributed by atoms with Crippen molar-refractivity contribution in [2.45, 2.75) is 328 Å². The molecule has 0 saturated heterocycles. The molecule has 3 N–H and O–H groups in total. The van der Waals surface area contributed by atoms with Gasteiger partial charge in [-0.25, -0.2) is 0 Å². The Labute approximate surface area is 405 Å². The number of carbonyl (C=O) groups is 2. The van der Waals surface area contributed by atoms with E-state index in [2.05, 4.69) is 31.3 Å². The summed E-state index contributed by atoms with van der Waals surface area (Å²) in [6, 6.07) is -0.647. The molecule has 1 amide bonds. The molecule has 0 rings (SSSR count). The van der Waals surface area contributed by atoms with Crippen LogP contribution in [0.5, 0.6) is 0 Å². The smallest absolute Gasteiger partial charge is 0.305 e. The number of ether oxygens (including phenoxy) is 1. The molecule has 0 saturated carbocycles. The molecule has 0 radical (unpaired) electrons. The molecule has 6 heteroatoms. The molecule has 65 heavy (non-hydrogen) atoms. The first-order chi connectivity index (χ1) is 32.0. The Kier molecular flexibility index (Phi) is 53.5. The number of hydrogen-bond donors (Lipinski definition) is 3. The maximum absolute atomic E-state index is 12.5. The van der Waals surface area contributed by atoms with Gasteiger partial charge in [-0.3, -0.25) is 9.59 Å². The van der Waals surface area contributed by atoms with Gasteiger partial charge < -0.3 is 20.3 Å². The minimum Gasteiger partial charge on any atom is -0.466 e. The molecule has 0 aliphatic rings. The Hall–Kier alpha value is -1.66. The number of amides is 1. The molecule has 384 valence electrons. The first-order valence-corrected chi connectivity index (χ1v) is 29.1. The van der Waals surface area contributed by atoms with Crippen LogP contribution in [0.3, 0.4) is 0 Å². The van der Waals surface area contributed by atoms with Gasteiger partial charge in [0.2, 0.25) is 5.91 Å². The maximum atomic E-state index is 12.5. The van der Waals surface area contributed by atoms with Gasteiger partial charge in [-0.15, -0.1) is 0 Å².